The van der Waals surface area contributed by atoms with Crippen molar-refractivity contribution in [2.24, 2.45) is 10.8 Å². The van der Waals surface area contributed by atoms with Crippen LogP contribution in [0.3, 0.4) is 0 Å². The fourth-order valence-corrected chi connectivity index (χ4v) is 5.32. The summed E-state index contributed by atoms with van der Waals surface area (Å²) in [5, 5.41) is 1.90. The van der Waals surface area contributed by atoms with E-state index in [0.717, 1.165) is 21.9 Å². The summed E-state index contributed by atoms with van der Waals surface area (Å²) in [6.45, 7) is 5.07. The van der Waals surface area contributed by atoms with Crippen LogP contribution in [0.5, 0.6) is 5.75 Å². The fraction of sp³-hybridized carbons (Fsp3) is 0.240. The number of benzene rings is 3. The molecule has 0 aromatic heterocycles. The Hall–Kier alpha value is -3.27. The molecular formula is C25H20O4. The first kappa shape index (κ1) is 17.8. The molecule has 3 atom stereocenters. The predicted octanol–water partition coefficient (Wildman–Crippen LogP) is 4.63. The zero-order valence-corrected chi connectivity index (χ0v) is 16.5. The first-order valence-electron chi connectivity index (χ1n) is 9.70. The fourth-order valence-electron chi connectivity index (χ4n) is 5.32. The van der Waals surface area contributed by atoms with Crippen LogP contribution in [0.15, 0.2) is 60.7 Å². The maximum absolute atomic E-state index is 13.6. The highest BCUT2D eigenvalue weighted by molar-refractivity contribution is 6.22. The van der Waals surface area contributed by atoms with Gasteiger partial charge in [-0.3, -0.25) is 14.4 Å². The van der Waals surface area contributed by atoms with Gasteiger partial charge in [0, 0.05) is 17.0 Å². The van der Waals surface area contributed by atoms with E-state index in [1.807, 2.05) is 49.4 Å². The van der Waals surface area contributed by atoms with Crippen molar-refractivity contribution < 1.29 is 19.1 Å². The van der Waals surface area contributed by atoms with Gasteiger partial charge in [-0.05, 0) is 30.7 Å². The van der Waals surface area contributed by atoms with Gasteiger partial charge < -0.3 is 4.74 Å². The molecule has 4 nitrogen and oxygen atoms in total. The third-order valence-electron chi connectivity index (χ3n) is 6.83. The first-order chi connectivity index (χ1) is 13.8. The molecule has 0 saturated heterocycles. The number of hydrogen-bond donors (Lipinski definition) is 0. The van der Waals surface area contributed by atoms with Gasteiger partial charge in [-0.2, -0.15) is 0 Å². The number of ketones is 2. The number of fused-ring (bicyclic) bond motifs is 5. The minimum atomic E-state index is -1.48. The van der Waals surface area contributed by atoms with Crippen molar-refractivity contribution in [2.75, 3.05) is 0 Å². The summed E-state index contributed by atoms with van der Waals surface area (Å²) in [4.78, 5) is 39.6. The lowest BCUT2D eigenvalue weighted by molar-refractivity contribution is -0.147. The number of ether oxygens (including phenoxy) is 1. The van der Waals surface area contributed by atoms with Gasteiger partial charge in [-0.25, -0.2) is 0 Å². The maximum Gasteiger partial charge on any atom is 0.326 e. The zero-order valence-electron chi connectivity index (χ0n) is 16.5. The molecule has 1 saturated carbocycles. The normalized spacial score (nSPS) is 27.0. The summed E-state index contributed by atoms with van der Waals surface area (Å²) in [5.74, 6) is -1.25. The zero-order chi connectivity index (χ0) is 20.6. The molecule has 3 aromatic rings. The maximum atomic E-state index is 13.6. The van der Waals surface area contributed by atoms with Crippen molar-refractivity contribution >= 4 is 28.3 Å². The van der Waals surface area contributed by atoms with Crippen LogP contribution in [-0.4, -0.2) is 17.5 Å². The summed E-state index contributed by atoms with van der Waals surface area (Å²) in [5.41, 5.74) is -0.340. The molecule has 0 bridgehead atoms. The van der Waals surface area contributed by atoms with Crippen molar-refractivity contribution in [3.8, 4) is 5.75 Å². The molecule has 29 heavy (non-hydrogen) atoms. The first-order valence-corrected chi connectivity index (χ1v) is 9.70. The molecule has 1 heterocycles. The summed E-state index contributed by atoms with van der Waals surface area (Å²) >= 11 is 0. The van der Waals surface area contributed by atoms with E-state index in [1.165, 1.54) is 6.92 Å². The van der Waals surface area contributed by atoms with E-state index in [2.05, 4.69) is 0 Å². The number of rotatable bonds is 3. The summed E-state index contributed by atoms with van der Waals surface area (Å²) < 4.78 is 5.65. The van der Waals surface area contributed by atoms with Gasteiger partial charge in [0.2, 0.25) is 0 Å². The van der Waals surface area contributed by atoms with Crippen LogP contribution in [0.2, 0.25) is 0 Å². The van der Waals surface area contributed by atoms with E-state index in [-0.39, 0.29) is 11.6 Å². The molecule has 2 aliphatic rings. The van der Waals surface area contributed by atoms with Crippen molar-refractivity contribution in [3.05, 3.63) is 77.4 Å². The van der Waals surface area contributed by atoms with E-state index in [4.69, 9.17) is 4.74 Å². The van der Waals surface area contributed by atoms with Crippen molar-refractivity contribution in [2.45, 2.75) is 26.7 Å². The molecule has 0 unspecified atom stereocenters. The minimum absolute atomic E-state index is 0.199. The van der Waals surface area contributed by atoms with Gasteiger partial charge in [-0.1, -0.05) is 67.1 Å². The lowest BCUT2D eigenvalue weighted by Gasteiger charge is -2.22. The van der Waals surface area contributed by atoms with E-state index in [1.54, 1.807) is 25.1 Å². The standard InChI is InChI=1S/C25H20O4/c1-14-8-10-17(11-9-14)22(27)24(3)21-20-18-7-5-4-6-16(18)12-13-19(20)29-23(28)25(21,24)15(2)26/h4-13,21H,1-3H3/t21-,24+,25+/m0/s1. The largest absolute Gasteiger partial charge is 0.425 e. The highest BCUT2D eigenvalue weighted by Crippen LogP contribution is 2.79. The van der Waals surface area contributed by atoms with Crippen LogP contribution in [-0.2, 0) is 9.59 Å². The van der Waals surface area contributed by atoms with Gasteiger partial charge >= 0.3 is 5.97 Å². The molecule has 0 spiro atoms. The van der Waals surface area contributed by atoms with Crippen molar-refractivity contribution in [1.82, 2.24) is 0 Å². The molecule has 0 N–H and O–H groups in total. The third-order valence-corrected chi connectivity index (χ3v) is 6.83. The second-order valence-corrected chi connectivity index (χ2v) is 8.28. The number of carbonyl (C=O) groups excluding carboxylic acids is 3. The van der Waals surface area contributed by atoms with Crippen LogP contribution in [0.25, 0.3) is 10.8 Å². The van der Waals surface area contributed by atoms with Gasteiger partial charge in [-0.15, -0.1) is 0 Å². The molecule has 1 fully saturated rings. The quantitative estimate of drug-likeness (QED) is 0.286. The average Bonchev–Trinajstić information content (AvgIpc) is 3.31. The molecule has 144 valence electrons. The Balaban J connectivity index is 1.77. The molecule has 0 amide bonds. The highest BCUT2D eigenvalue weighted by atomic mass is 16.5. The Morgan fingerprint density at radius 1 is 0.966 bits per heavy atom. The van der Waals surface area contributed by atoms with Crippen molar-refractivity contribution in [3.63, 3.8) is 0 Å². The molecule has 5 rings (SSSR count). The van der Waals surface area contributed by atoms with Crippen LogP contribution < -0.4 is 4.74 Å². The third kappa shape index (κ3) is 2.01. The molecule has 1 aliphatic carbocycles. The van der Waals surface area contributed by atoms with Crippen LogP contribution >= 0.6 is 0 Å². The Morgan fingerprint density at radius 2 is 1.66 bits per heavy atom. The van der Waals surface area contributed by atoms with Crippen LogP contribution in [0.1, 0.15) is 41.3 Å². The van der Waals surface area contributed by atoms with Gasteiger partial charge in [0.15, 0.2) is 5.78 Å². The number of hydrogen-bond acceptors (Lipinski definition) is 4. The number of aryl methyl sites for hydroxylation is 1. The molecule has 1 aliphatic heterocycles. The second kappa shape index (κ2) is 5.63. The van der Waals surface area contributed by atoms with E-state index < -0.39 is 22.7 Å². The number of Topliss-reactive ketones (excluding diaryl/α,β-unsaturated/α-hetero) is 2. The molecule has 0 radical (unpaired) electrons. The summed E-state index contributed by atoms with van der Waals surface area (Å²) in [6, 6.07) is 18.7. The van der Waals surface area contributed by atoms with E-state index in [9.17, 15) is 14.4 Å². The highest BCUT2D eigenvalue weighted by Gasteiger charge is 2.86. The molecule has 3 aromatic carbocycles. The summed E-state index contributed by atoms with van der Waals surface area (Å²) in [7, 11) is 0. The smallest absolute Gasteiger partial charge is 0.326 e. The number of esters is 1. The monoisotopic (exact) mass is 384 g/mol. The van der Waals surface area contributed by atoms with Gasteiger partial charge in [0.05, 0.1) is 5.41 Å². The Labute approximate surface area is 168 Å². The van der Waals surface area contributed by atoms with Crippen LogP contribution in [0, 0.1) is 17.8 Å². The Kier molecular flexibility index (Phi) is 3.46. The lowest BCUT2D eigenvalue weighted by Crippen LogP contribution is -2.37. The second-order valence-electron chi connectivity index (χ2n) is 8.28. The topological polar surface area (TPSA) is 60.4 Å². The van der Waals surface area contributed by atoms with E-state index >= 15 is 0 Å². The predicted molar refractivity (Wildman–Crippen MR) is 109 cm³/mol. The number of carbonyl (C=O) groups is 3. The summed E-state index contributed by atoms with van der Waals surface area (Å²) in [6.07, 6.45) is 0. The lowest BCUT2D eigenvalue weighted by atomic mass is 9.84. The average molecular weight is 384 g/mol. The van der Waals surface area contributed by atoms with E-state index in [0.29, 0.717) is 11.3 Å². The SMILES string of the molecule is CC(=O)[C@]12C(=O)Oc3ccc4ccccc4c3[C@H]1[C@]2(C)C(=O)c1ccc(C)cc1. The molecular weight excluding hydrogens is 364 g/mol. The van der Waals surface area contributed by atoms with Crippen LogP contribution in [0.4, 0.5) is 0 Å². The Bertz CT molecular complexity index is 1220. The molecule has 4 heteroatoms. The minimum Gasteiger partial charge on any atom is -0.425 e. The van der Waals surface area contributed by atoms with Gasteiger partial charge in [0.1, 0.15) is 16.9 Å². The van der Waals surface area contributed by atoms with Crippen molar-refractivity contribution in [1.29, 1.82) is 0 Å². The van der Waals surface area contributed by atoms with Gasteiger partial charge in [0.25, 0.3) is 0 Å². The Morgan fingerprint density at radius 3 is 2.34 bits per heavy atom.